The molecule has 0 aliphatic rings. The molecule has 0 aliphatic heterocycles. The zero-order valence-electron chi connectivity index (χ0n) is 10.9. The third kappa shape index (κ3) is 5.85. The van der Waals surface area contributed by atoms with Crippen molar-refractivity contribution in [3.63, 3.8) is 0 Å². The van der Waals surface area contributed by atoms with Crippen LogP contribution in [0.3, 0.4) is 0 Å². The number of carbonyl (C=O) groups excluding carboxylic acids is 1. The normalized spacial score (nSPS) is 10.9. The molecule has 104 valence electrons. The van der Waals surface area contributed by atoms with Gasteiger partial charge in [-0.05, 0) is 31.5 Å². The van der Waals surface area contributed by atoms with Crippen LogP contribution in [-0.4, -0.2) is 22.6 Å². The Labute approximate surface area is 110 Å². The lowest BCUT2D eigenvalue weighted by atomic mass is 10.0. The number of benzene rings is 1. The van der Waals surface area contributed by atoms with Gasteiger partial charge in [-0.25, -0.2) is 9.18 Å². The zero-order valence-corrected chi connectivity index (χ0v) is 10.9. The van der Waals surface area contributed by atoms with E-state index < -0.39 is 17.5 Å². The summed E-state index contributed by atoms with van der Waals surface area (Å²) in [5, 5.41) is 13.8. The molecule has 3 N–H and O–H groups in total. The summed E-state index contributed by atoms with van der Waals surface area (Å²) in [5.74, 6) is -1.32. The Morgan fingerprint density at radius 3 is 2.37 bits per heavy atom. The second-order valence-corrected chi connectivity index (χ2v) is 4.89. The lowest BCUT2D eigenvalue weighted by Gasteiger charge is -2.24. The molecule has 19 heavy (non-hydrogen) atoms. The number of aliphatic carboxylic acids is 1. The van der Waals surface area contributed by atoms with Gasteiger partial charge in [-0.1, -0.05) is 12.1 Å². The number of halogens is 1. The molecule has 1 aromatic rings. The van der Waals surface area contributed by atoms with Gasteiger partial charge in [-0.15, -0.1) is 0 Å². The van der Waals surface area contributed by atoms with Crippen LogP contribution in [0.1, 0.15) is 25.8 Å². The summed E-state index contributed by atoms with van der Waals surface area (Å²) >= 11 is 0. The zero-order chi connectivity index (χ0) is 14.5. The molecule has 0 unspecified atom stereocenters. The number of hydrogen-bond donors (Lipinski definition) is 3. The van der Waals surface area contributed by atoms with Crippen LogP contribution < -0.4 is 10.6 Å². The second-order valence-electron chi connectivity index (χ2n) is 4.89. The van der Waals surface area contributed by atoms with Crippen molar-refractivity contribution in [1.82, 2.24) is 10.6 Å². The first-order chi connectivity index (χ1) is 8.78. The molecule has 6 heteroatoms. The van der Waals surface area contributed by atoms with Crippen LogP contribution in [-0.2, 0) is 11.3 Å². The summed E-state index contributed by atoms with van der Waals surface area (Å²) in [5.41, 5.74) is -0.0776. The van der Waals surface area contributed by atoms with Crippen molar-refractivity contribution in [3.05, 3.63) is 35.6 Å². The van der Waals surface area contributed by atoms with E-state index >= 15 is 0 Å². The lowest BCUT2D eigenvalue weighted by molar-refractivity contribution is -0.138. The summed E-state index contributed by atoms with van der Waals surface area (Å²) in [6.07, 6.45) is -0.170. The maximum Gasteiger partial charge on any atom is 0.315 e. The van der Waals surface area contributed by atoms with Gasteiger partial charge < -0.3 is 15.7 Å². The van der Waals surface area contributed by atoms with E-state index in [0.717, 1.165) is 5.56 Å². The third-order valence-electron chi connectivity index (χ3n) is 2.41. The summed E-state index contributed by atoms with van der Waals surface area (Å²) in [4.78, 5) is 22.2. The Balaban J connectivity index is 2.43. The standard InChI is InChI=1S/C13H17FN2O3/c1-13(2,7-11(17)18)16-12(19)15-8-9-3-5-10(14)6-4-9/h3-6H,7-8H2,1-2H3,(H,17,18)(H2,15,16,19). The van der Waals surface area contributed by atoms with Crippen molar-refractivity contribution in [1.29, 1.82) is 0 Å². The van der Waals surface area contributed by atoms with Gasteiger partial charge in [-0.2, -0.15) is 0 Å². The summed E-state index contributed by atoms with van der Waals surface area (Å²) < 4.78 is 12.7. The number of carbonyl (C=O) groups is 2. The summed E-state index contributed by atoms with van der Waals surface area (Å²) in [6.45, 7) is 3.49. The number of rotatable bonds is 5. The quantitative estimate of drug-likeness (QED) is 0.763. The van der Waals surface area contributed by atoms with E-state index in [0.29, 0.717) is 0 Å². The van der Waals surface area contributed by atoms with Crippen molar-refractivity contribution in [2.24, 2.45) is 0 Å². The Morgan fingerprint density at radius 2 is 1.84 bits per heavy atom. The fraction of sp³-hybridized carbons (Fsp3) is 0.385. The molecule has 5 nitrogen and oxygen atoms in total. The molecule has 0 fully saturated rings. The van der Waals surface area contributed by atoms with Gasteiger partial charge >= 0.3 is 12.0 Å². The highest BCUT2D eigenvalue weighted by molar-refractivity contribution is 5.76. The minimum absolute atomic E-state index is 0.170. The molecule has 0 saturated carbocycles. The number of nitrogens with one attached hydrogen (secondary N) is 2. The second kappa shape index (κ2) is 6.17. The molecule has 0 aromatic heterocycles. The van der Waals surface area contributed by atoms with Crippen molar-refractivity contribution < 1.29 is 19.1 Å². The van der Waals surface area contributed by atoms with Gasteiger partial charge in [0.05, 0.1) is 6.42 Å². The third-order valence-corrected chi connectivity index (χ3v) is 2.41. The fourth-order valence-electron chi connectivity index (χ4n) is 1.56. The van der Waals surface area contributed by atoms with E-state index in [1.165, 1.54) is 12.1 Å². The minimum atomic E-state index is -0.983. The molecule has 0 heterocycles. The van der Waals surface area contributed by atoms with Crippen molar-refractivity contribution in [2.45, 2.75) is 32.4 Å². The first-order valence-corrected chi connectivity index (χ1v) is 5.81. The largest absolute Gasteiger partial charge is 0.481 e. The average molecular weight is 268 g/mol. The van der Waals surface area contributed by atoms with E-state index in [9.17, 15) is 14.0 Å². The number of amides is 2. The number of carboxylic acid groups (broad SMARTS) is 1. The lowest BCUT2D eigenvalue weighted by Crippen LogP contribution is -2.49. The van der Waals surface area contributed by atoms with Crippen LogP contribution in [0, 0.1) is 5.82 Å². The van der Waals surface area contributed by atoms with E-state index in [-0.39, 0.29) is 18.8 Å². The maximum atomic E-state index is 12.7. The number of hydrogen-bond acceptors (Lipinski definition) is 2. The van der Waals surface area contributed by atoms with Crippen molar-refractivity contribution >= 4 is 12.0 Å². The molecule has 0 spiro atoms. The van der Waals surface area contributed by atoms with E-state index in [4.69, 9.17) is 5.11 Å². The Bertz CT molecular complexity index is 457. The molecule has 0 radical (unpaired) electrons. The van der Waals surface area contributed by atoms with E-state index in [1.54, 1.807) is 26.0 Å². The highest BCUT2D eigenvalue weighted by Crippen LogP contribution is 2.08. The topological polar surface area (TPSA) is 78.4 Å². The van der Waals surface area contributed by atoms with Gasteiger partial charge in [0.15, 0.2) is 0 Å². The minimum Gasteiger partial charge on any atom is -0.481 e. The molecule has 0 aliphatic carbocycles. The Kier molecular flexibility index (Phi) is 4.86. The Hall–Kier alpha value is -2.11. The van der Waals surface area contributed by atoms with Crippen LogP contribution in [0.4, 0.5) is 9.18 Å². The number of carboxylic acids is 1. The van der Waals surface area contributed by atoms with Gasteiger partial charge in [0.25, 0.3) is 0 Å². The van der Waals surface area contributed by atoms with Crippen LogP contribution in [0.15, 0.2) is 24.3 Å². The molecular weight excluding hydrogens is 251 g/mol. The monoisotopic (exact) mass is 268 g/mol. The van der Waals surface area contributed by atoms with Crippen molar-refractivity contribution in [3.8, 4) is 0 Å². The van der Waals surface area contributed by atoms with Gasteiger partial charge in [0, 0.05) is 12.1 Å². The first-order valence-electron chi connectivity index (χ1n) is 5.81. The van der Waals surface area contributed by atoms with E-state index in [2.05, 4.69) is 10.6 Å². The highest BCUT2D eigenvalue weighted by atomic mass is 19.1. The van der Waals surface area contributed by atoms with Gasteiger partial charge in [-0.3, -0.25) is 4.79 Å². The molecule has 0 bridgehead atoms. The molecule has 1 aromatic carbocycles. The molecule has 1 rings (SSSR count). The molecule has 2 amide bonds. The highest BCUT2D eigenvalue weighted by Gasteiger charge is 2.23. The fourth-order valence-corrected chi connectivity index (χ4v) is 1.56. The Morgan fingerprint density at radius 1 is 1.26 bits per heavy atom. The van der Waals surface area contributed by atoms with Gasteiger partial charge in [0.1, 0.15) is 5.82 Å². The molecule has 0 atom stereocenters. The summed E-state index contributed by atoms with van der Waals surface area (Å²) in [6, 6.07) is 5.29. The van der Waals surface area contributed by atoms with Crippen molar-refractivity contribution in [2.75, 3.05) is 0 Å². The molecular formula is C13H17FN2O3. The van der Waals surface area contributed by atoms with Crippen LogP contribution in [0.5, 0.6) is 0 Å². The predicted molar refractivity (Wildman–Crippen MR) is 68.1 cm³/mol. The smallest absolute Gasteiger partial charge is 0.315 e. The molecule has 0 saturated heterocycles. The van der Waals surface area contributed by atoms with E-state index in [1.807, 2.05) is 0 Å². The number of urea groups is 1. The maximum absolute atomic E-state index is 12.7. The SMILES string of the molecule is CC(C)(CC(=O)O)NC(=O)NCc1ccc(F)cc1. The summed E-state index contributed by atoms with van der Waals surface area (Å²) in [7, 11) is 0. The average Bonchev–Trinajstić information content (AvgIpc) is 2.25. The van der Waals surface area contributed by atoms with Crippen LogP contribution in [0.2, 0.25) is 0 Å². The van der Waals surface area contributed by atoms with Crippen LogP contribution in [0.25, 0.3) is 0 Å². The first kappa shape index (κ1) is 14.9. The predicted octanol–water partition coefficient (Wildman–Crippen LogP) is 1.88. The van der Waals surface area contributed by atoms with Crippen LogP contribution >= 0.6 is 0 Å². The van der Waals surface area contributed by atoms with Gasteiger partial charge in [0.2, 0.25) is 0 Å².